The van der Waals surface area contributed by atoms with Crippen molar-refractivity contribution in [3.63, 3.8) is 0 Å². The molecular weight excluding hydrogens is 418 g/mol. The van der Waals surface area contributed by atoms with E-state index in [-0.39, 0.29) is 18.0 Å². The standard InChI is InChI=1S/C19H16F2N4O4S/c1-25(9-12-3-5-13(6-4-12)29-19(20)21)15(26)10-28-18(27)14-11-30-17(24-14)16-22-7-2-8-23-16/h2-8,11,19H,9-10H2,1H3. The molecule has 0 spiro atoms. The minimum atomic E-state index is -2.90. The van der Waals surface area contributed by atoms with Gasteiger partial charge in [-0.25, -0.2) is 19.7 Å². The second kappa shape index (κ2) is 9.83. The van der Waals surface area contributed by atoms with Gasteiger partial charge in [0, 0.05) is 31.4 Å². The smallest absolute Gasteiger partial charge is 0.387 e. The number of rotatable bonds is 8. The van der Waals surface area contributed by atoms with Crippen molar-refractivity contribution < 1.29 is 27.8 Å². The lowest BCUT2D eigenvalue weighted by Crippen LogP contribution is -2.30. The summed E-state index contributed by atoms with van der Waals surface area (Å²) in [5, 5.41) is 1.97. The lowest BCUT2D eigenvalue weighted by atomic mass is 10.2. The minimum absolute atomic E-state index is 0.0280. The summed E-state index contributed by atoms with van der Waals surface area (Å²) in [7, 11) is 1.54. The Kier molecular flexibility index (Phi) is 6.96. The van der Waals surface area contributed by atoms with Crippen molar-refractivity contribution in [3.05, 3.63) is 59.4 Å². The number of esters is 1. The number of amides is 1. The summed E-state index contributed by atoms with van der Waals surface area (Å²) in [5.41, 5.74) is 0.762. The van der Waals surface area contributed by atoms with Crippen LogP contribution in [0.2, 0.25) is 0 Å². The lowest BCUT2D eigenvalue weighted by molar-refractivity contribution is -0.133. The predicted molar refractivity (Wildman–Crippen MR) is 103 cm³/mol. The van der Waals surface area contributed by atoms with E-state index in [0.29, 0.717) is 16.4 Å². The normalized spacial score (nSPS) is 10.7. The van der Waals surface area contributed by atoms with Crippen LogP contribution in [0.15, 0.2) is 48.1 Å². The molecule has 1 amide bonds. The van der Waals surface area contributed by atoms with Crippen molar-refractivity contribution in [1.82, 2.24) is 19.9 Å². The quantitative estimate of drug-likeness (QED) is 0.503. The average molecular weight is 434 g/mol. The first-order chi connectivity index (χ1) is 14.4. The van der Waals surface area contributed by atoms with Crippen molar-refractivity contribution in [1.29, 1.82) is 0 Å². The van der Waals surface area contributed by atoms with E-state index in [4.69, 9.17) is 4.74 Å². The van der Waals surface area contributed by atoms with Crippen LogP contribution >= 0.6 is 11.3 Å². The van der Waals surface area contributed by atoms with Crippen LogP contribution in [0.3, 0.4) is 0 Å². The van der Waals surface area contributed by atoms with Gasteiger partial charge in [0.1, 0.15) is 5.75 Å². The van der Waals surface area contributed by atoms with Gasteiger partial charge in [-0.15, -0.1) is 11.3 Å². The molecule has 0 radical (unpaired) electrons. The van der Waals surface area contributed by atoms with E-state index in [1.807, 2.05) is 0 Å². The zero-order valence-corrected chi connectivity index (χ0v) is 16.5. The number of ether oxygens (including phenoxy) is 2. The monoisotopic (exact) mass is 434 g/mol. The highest BCUT2D eigenvalue weighted by atomic mass is 32.1. The summed E-state index contributed by atoms with van der Waals surface area (Å²) in [4.78, 5) is 37.9. The van der Waals surface area contributed by atoms with Crippen LogP contribution in [-0.4, -0.2) is 52.0 Å². The molecule has 2 aromatic heterocycles. The van der Waals surface area contributed by atoms with Crippen molar-refractivity contribution >= 4 is 23.2 Å². The summed E-state index contributed by atoms with van der Waals surface area (Å²) in [5.74, 6) is -0.746. The largest absolute Gasteiger partial charge is 0.451 e. The second-order valence-corrected chi connectivity index (χ2v) is 6.82. The zero-order valence-electron chi connectivity index (χ0n) is 15.7. The Balaban J connectivity index is 1.50. The molecule has 0 aliphatic carbocycles. The number of likely N-dealkylation sites (N-methyl/N-ethyl adjacent to an activating group) is 1. The topological polar surface area (TPSA) is 94.5 Å². The highest BCUT2D eigenvalue weighted by Crippen LogP contribution is 2.20. The number of nitrogens with zero attached hydrogens (tertiary/aromatic N) is 4. The van der Waals surface area contributed by atoms with E-state index in [1.54, 1.807) is 30.6 Å². The number of carbonyl (C=O) groups excluding carboxylic acids is 2. The van der Waals surface area contributed by atoms with Gasteiger partial charge in [0.25, 0.3) is 5.91 Å². The average Bonchev–Trinajstić information content (AvgIpc) is 3.24. The number of halogens is 2. The molecule has 3 aromatic rings. The van der Waals surface area contributed by atoms with E-state index < -0.39 is 25.1 Å². The third kappa shape index (κ3) is 5.77. The molecular formula is C19H16F2N4O4S. The number of hydrogen-bond donors (Lipinski definition) is 0. The Morgan fingerprint density at radius 3 is 2.53 bits per heavy atom. The van der Waals surface area contributed by atoms with Gasteiger partial charge in [-0.05, 0) is 23.8 Å². The Labute approximate surface area is 174 Å². The van der Waals surface area contributed by atoms with Crippen LogP contribution in [0.5, 0.6) is 5.75 Å². The first-order valence-electron chi connectivity index (χ1n) is 8.60. The van der Waals surface area contributed by atoms with Gasteiger partial charge < -0.3 is 14.4 Å². The first-order valence-corrected chi connectivity index (χ1v) is 9.48. The fourth-order valence-electron chi connectivity index (χ4n) is 2.33. The van der Waals surface area contributed by atoms with Gasteiger partial charge in [-0.2, -0.15) is 8.78 Å². The first kappa shape index (κ1) is 21.2. The molecule has 11 heteroatoms. The maximum atomic E-state index is 12.2. The van der Waals surface area contributed by atoms with Crippen LogP contribution in [-0.2, 0) is 16.1 Å². The van der Waals surface area contributed by atoms with Crippen molar-refractivity contribution in [2.24, 2.45) is 0 Å². The molecule has 0 saturated carbocycles. The van der Waals surface area contributed by atoms with Gasteiger partial charge in [0.05, 0.1) is 0 Å². The summed E-state index contributed by atoms with van der Waals surface area (Å²) in [6.45, 7) is -3.16. The van der Waals surface area contributed by atoms with Gasteiger partial charge in [-0.1, -0.05) is 12.1 Å². The van der Waals surface area contributed by atoms with Crippen molar-refractivity contribution in [2.45, 2.75) is 13.2 Å². The number of hydrogen-bond acceptors (Lipinski definition) is 8. The molecule has 0 N–H and O–H groups in total. The summed E-state index contributed by atoms with van der Waals surface area (Å²) < 4.78 is 33.6. The van der Waals surface area contributed by atoms with E-state index in [0.717, 1.165) is 0 Å². The molecule has 8 nitrogen and oxygen atoms in total. The SMILES string of the molecule is CN(Cc1ccc(OC(F)F)cc1)C(=O)COC(=O)c1csc(-c2ncccn2)n1. The third-order valence-corrected chi connectivity index (χ3v) is 4.63. The summed E-state index contributed by atoms with van der Waals surface area (Å²) in [6.07, 6.45) is 3.13. The molecule has 2 heterocycles. The molecule has 1 aromatic carbocycles. The van der Waals surface area contributed by atoms with Gasteiger partial charge >= 0.3 is 12.6 Å². The highest BCUT2D eigenvalue weighted by Gasteiger charge is 2.17. The molecule has 3 rings (SSSR count). The molecule has 0 aliphatic rings. The highest BCUT2D eigenvalue weighted by molar-refractivity contribution is 7.13. The molecule has 156 valence electrons. The summed E-state index contributed by atoms with van der Waals surface area (Å²) in [6, 6.07) is 7.57. The molecule has 0 unspecified atom stereocenters. The fourth-order valence-corrected chi connectivity index (χ4v) is 3.06. The fraction of sp³-hybridized carbons (Fsp3) is 0.211. The molecule has 0 aliphatic heterocycles. The maximum absolute atomic E-state index is 12.2. The predicted octanol–water partition coefficient (Wildman–Crippen LogP) is 3.02. The molecule has 0 atom stereocenters. The molecule has 30 heavy (non-hydrogen) atoms. The lowest BCUT2D eigenvalue weighted by Gasteiger charge is -2.17. The number of alkyl halides is 2. The van der Waals surface area contributed by atoms with Crippen LogP contribution in [0.4, 0.5) is 8.78 Å². The van der Waals surface area contributed by atoms with Gasteiger partial charge in [0.15, 0.2) is 23.1 Å². The number of aromatic nitrogens is 3. The van der Waals surface area contributed by atoms with E-state index in [1.165, 1.54) is 40.8 Å². The van der Waals surface area contributed by atoms with Crippen molar-refractivity contribution in [3.8, 4) is 16.6 Å². The third-order valence-electron chi connectivity index (χ3n) is 3.79. The molecule has 0 fully saturated rings. The minimum Gasteiger partial charge on any atom is -0.451 e. The molecule has 0 saturated heterocycles. The Hall–Kier alpha value is -3.47. The molecule has 0 bridgehead atoms. The van der Waals surface area contributed by atoms with E-state index in [9.17, 15) is 18.4 Å². The number of thiazole rings is 1. The number of carbonyl (C=O) groups is 2. The Morgan fingerprint density at radius 2 is 1.87 bits per heavy atom. The Bertz CT molecular complexity index is 999. The number of benzene rings is 1. The second-order valence-electron chi connectivity index (χ2n) is 5.96. The van der Waals surface area contributed by atoms with Crippen molar-refractivity contribution in [2.75, 3.05) is 13.7 Å². The van der Waals surface area contributed by atoms with Crippen LogP contribution in [0, 0.1) is 0 Å². The van der Waals surface area contributed by atoms with Gasteiger partial charge in [0.2, 0.25) is 0 Å². The van der Waals surface area contributed by atoms with E-state index >= 15 is 0 Å². The van der Waals surface area contributed by atoms with Crippen LogP contribution in [0.1, 0.15) is 16.1 Å². The summed E-state index contributed by atoms with van der Waals surface area (Å²) >= 11 is 1.19. The van der Waals surface area contributed by atoms with E-state index in [2.05, 4.69) is 19.7 Å². The Morgan fingerprint density at radius 1 is 1.17 bits per heavy atom. The zero-order chi connectivity index (χ0) is 21.5. The van der Waals surface area contributed by atoms with Gasteiger partial charge in [-0.3, -0.25) is 4.79 Å². The van der Waals surface area contributed by atoms with Crippen LogP contribution in [0.25, 0.3) is 10.8 Å². The maximum Gasteiger partial charge on any atom is 0.387 e. The van der Waals surface area contributed by atoms with Crippen LogP contribution < -0.4 is 4.74 Å².